The topological polar surface area (TPSA) is 35.0 Å². The molecule has 0 saturated carbocycles. The van der Waals surface area contributed by atoms with Crippen LogP contribution < -0.4 is 4.74 Å². The maximum absolute atomic E-state index is 5.88. The first-order valence-electron chi connectivity index (χ1n) is 6.02. The lowest BCUT2D eigenvalue weighted by molar-refractivity contribution is 0.341. The molecule has 0 amide bonds. The second-order valence-electron chi connectivity index (χ2n) is 4.17. The van der Waals surface area contributed by atoms with E-state index < -0.39 is 0 Å². The lowest BCUT2D eigenvalue weighted by atomic mass is 10.2. The number of hydrogen-bond donors (Lipinski definition) is 0. The molecule has 0 spiro atoms. The first-order chi connectivity index (χ1) is 9.18. The molecular formula is C15H15ClN2O. The van der Waals surface area contributed by atoms with Gasteiger partial charge in [0.25, 0.3) is 0 Å². The molecule has 4 heteroatoms. The van der Waals surface area contributed by atoms with Gasteiger partial charge in [-0.15, -0.1) is 10.2 Å². The van der Waals surface area contributed by atoms with E-state index in [-0.39, 0.29) is 0 Å². The summed E-state index contributed by atoms with van der Waals surface area (Å²) in [5.41, 5.74) is 2.97. The van der Waals surface area contributed by atoms with Crippen LogP contribution in [0.1, 0.15) is 16.7 Å². The number of hydrogen-bond acceptors (Lipinski definition) is 3. The van der Waals surface area contributed by atoms with Gasteiger partial charge in [0.05, 0.1) is 0 Å². The molecular weight excluding hydrogens is 260 g/mol. The number of halogens is 1. The minimum Gasteiger partial charge on any atom is -0.472 e. The van der Waals surface area contributed by atoms with Crippen molar-refractivity contribution in [3.05, 3.63) is 58.3 Å². The summed E-state index contributed by atoms with van der Waals surface area (Å²) in [4.78, 5) is 0. The third-order valence-electron chi connectivity index (χ3n) is 2.85. The number of benzene rings is 1. The Labute approximate surface area is 117 Å². The Kier molecular flexibility index (Phi) is 4.53. The predicted molar refractivity (Wildman–Crippen MR) is 77.5 cm³/mol. The molecule has 0 saturated heterocycles. The van der Waals surface area contributed by atoms with Gasteiger partial charge in [-0.05, 0) is 31.1 Å². The van der Waals surface area contributed by atoms with Crippen molar-refractivity contribution in [1.82, 2.24) is 10.2 Å². The van der Waals surface area contributed by atoms with Crippen molar-refractivity contribution in [2.75, 3.05) is 6.61 Å². The molecule has 19 heavy (non-hydrogen) atoms. The highest BCUT2D eigenvalue weighted by atomic mass is 35.5. The largest absolute Gasteiger partial charge is 0.472 e. The Morgan fingerprint density at radius 3 is 2.58 bits per heavy atom. The van der Waals surface area contributed by atoms with E-state index in [1.54, 1.807) is 0 Å². The molecule has 1 heterocycles. The van der Waals surface area contributed by atoms with Gasteiger partial charge in [0, 0.05) is 5.56 Å². The smallest absolute Gasteiger partial charge is 0.237 e. The van der Waals surface area contributed by atoms with Crippen LogP contribution in [0.25, 0.3) is 6.08 Å². The van der Waals surface area contributed by atoms with Crippen molar-refractivity contribution in [2.24, 2.45) is 0 Å². The third kappa shape index (κ3) is 3.55. The molecule has 0 aliphatic carbocycles. The summed E-state index contributed by atoms with van der Waals surface area (Å²) in [6, 6.07) is 10.1. The molecule has 0 atom stereocenters. The maximum Gasteiger partial charge on any atom is 0.237 e. The summed E-state index contributed by atoms with van der Waals surface area (Å²) in [5, 5.41) is 8.21. The zero-order valence-corrected chi connectivity index (χ0v) is 11.7. The van der Waals surface area contributed by atoms with Gasteiger partial charge in [-0.25, -0.2) is 0 Å². The van der Waals surface area contributed by atoms with Crippen molar-refractivity contribution in [3.63, 3.8) is 0 Å². The van der Waals surface area contributed by atoms with Crippen molar-refractivity contribution in [3.8, 4) is 5.88 Å². The van der Waals surface area contributed by atoms with Crippen LogP contribution in [0.5, 0.6) is 5.88 Å². The summed E-state index contributed by atoms with van der Waals surface area (Å²) >= 11 is 5.88. The van der Waals surface area contributed by atoms with E-state index >= 15 is 0 Å². The molecule has 2 aromatic rings. The molecule has 0 N–H and O–H groups in total. The van der Waals surface area contributed by atoms with Crippen LogP contribution >= 0.6 is 11.6 Å². The Morgan fingerprint density at radius 2 is 1.84 bits per heavy atom. The molecule has 0 fully saturated rings. The number of aromatic nitrogens is 2. The average Bonchev–Trinajstić information content (AvgIpc) is 2.44. The molecule has 0 aliphatic rings. The van der Waals surface area contributed by atoms with E-state index in [4.69, 9.17) is 16.3 Å². The first-order valence-corrected chi connectivity index (χ1v) is 6.40. The molecule has 3 nitrogen and oxygen atoms in total. The second kappa shape index (κ2) is 6.34. The van der Waals surface area contributed by atoms with Crippen molar-refractivity contribution < 1.29 is 4.74 Å². The predicted octanol–water partition coefficient (Wildman–Crippen LogP) is 3.84. The quantitative estimate of drug-likeness (QED) is 0.850. The van der Waals surface area contributed by atoms with Crippen molar-refractivity contribution >= 4 is 17.7 Å². The van der Waals surface area contributed by atoms with Gasteiger partial charge in [-0.1, -0.05) is 48.0 Å². The molecule has 0 radical (unpaired) electrons. The zero-order valence-electron chi connectivity index (χ0n) is 10.9. The van der Waals surface area contributed by atoms with Gasteiger partial charge < -0.3 is 4.74 Å². The second-order valence-corrected chi connectivity index (χ2v) is 4.53. The Morgan fingerprint density at radius 1 is 1.11 bits per heavy atom. The highest BCUT2D eigenvalue weighted by Crippen LogP contribution is 2.22. The third-order valence-corrected chi connectivity index (χ3v) is 3.21. The number of ether oxygens (including phenoxy) is 1. The van der Waals surface area contributed by atoms with Crippen LogP contribution in [0.2, 0.25) is 5.15 Å². The first kappa shape index (κ1) is 13.6. The number of rotatable bonds is 4. The Hall–Kier alpha value is -1.87. The van der Waals surface area contributed by atoms with E-state index in [9.17, 15) is 0 Å². The van der Waals surface area contributed by atoms with Crippen LogP contribution in [0, 0.1) is 13.8 Å². The minimum atomic E-state index is 0.421. The van der Waals surface area contributed by atoms with Crippen molar-refractivity contribution in [1.29, 1.82) is 0 Å². The van der Waals surface area contributed by atoms with Gasteiger partial charge >= 0.3 is 0 Å². The van der Waals surface area contributed by atoms with E-state index in [1.165, 1.54) is 0 Å². The maximum atomic E-state index is 5.88. The molecule has 0 unspecified atom stereocenters. The molecule has 2 rings (SSSR count). The van der Waals surface area contributed by atoms with Crippen LogP contribution in [0.15, 0.2) is 36.4 Å². The molecule has 98 valence electrons. The van der Waals surface area contributed by atoms with Gasteiger partial charge in [0.1, 0.15) is 6.61 Å². The Bertz CT molecular complexity index is 582. The fourth-order valence-corrected chi connectivity index (χ4v) is 1.75. The molecule has 0 aliphatic heterocycles. The average molecular weight is 275 g/mol. The summed E-state index contributed by atoms with van der Waals surface area (Å²) < 4.78 is 5.58. The minimum absolute atomic E-state index is 0.421. The summed E-state index contributed by atoms with van der Waals surface area (Å²) in [6.45, 7) is 4.27. The lowest BCUT2D eigenvalue weighted by Gasteiger charge is -2.07. The fraction of sp³-hybridized carbons (Fsp3) is 0.200. The highest BCUT2D eigenvalue weighted by Gasteiger charge is 2.08. The summed E-state index contributed by atoms with van der Waals surface area (Å²) in [5.74, 6) is 0.527. The highest BCUT2D eigenvalue weighted by molar-refractivity contribution is 6.30. The van der Waals surface area contributed by atoms with Crippen molar-refractivity contribution in [2.45, 2.75) is 13.8 Å². The van der Waals surface area contributed by atoms with Crippen LogP contribution in [0.4, 0.5) is 0 Å². The molecule has 0 bridgehead atoms. The van der Waals surface area contributed by atoms with Crippen LogP contribution in [-0.2, 0) is 0 Å². The summed E-state index contributed by atoms with van der Waals surface area (Å²) in [7, 11) is 0. The van der Waals surface area contributed by atoms with Gasteiger partial charge in [0.2, 0.25) is 5.88 Å². The SMILES string of the molecule is Cc1c(Cl)nnc(OC/C=C/c2ccccc2)c1C. The van der Waals surface area contributed by atoms with E-state index in [0.29, 0.717) is 17.6 Å². The Balaban J connectivity index is 1.97. The van der Waals surface area contributed by atoms with Gasteiger partial charge in [-0.3, -0.25) is 0 Å². The standard InChI is InChI=1S/C15H15ClN2O/c1-11-12(2)15(18-17-14(11)16)19-10-6-9-13-7-4-3-5-8-13/h3-9H,10H2,1-2H3/b9-6+. The molecule has 1 aromatic carbocycles. The fourth-order valence-electron chi connectivity index (χ4n) is 1.57. The van der Waals surface area contributed by atoms with Gasteiger partial charge in [0.15, 0.2) is 5.15 Å². The molecule has 1 aromatic heterocycles. The summed E-state index contributed by atoms with van der Waals surface area (Å²) in [6.07, 6.45) is 3.95. The van der Waals surface area contributed by atoms with Crippen LogP contribution in [0.3, 0.4) is 0 Å². The van der Waals surface area contributed by atoms with E-state index in [2.05, 4.69) is 10.2 Å². The monoisotopic (exact) mass is 274 g/mol. The van der Waals surface area contributed by atoms with Gasteiger partial charge in [-0.2, -0.15) is 0 Å². The normalized spacial score (nSPS) is 10.9. The van der Waals surface area contributed by atoms with E-state index in [1.807, 2.05) is 56.3 Å². The zero-order chi connectivity index (χ0) is 13.7. The van der Waals surface area contributed by atoms with E-state index in [0.717, 1.165) is 16.7 Å². The number of nitrogens with zero attached hydrogens (tertiary/aromatic N) is 2. The lowest BCUT2D eigenvalue weighted by Crippen LogP contribution is -2.02. The van der Waals surface area contributed by atoms with Crippen LogP contribution in [-0.4, -0.2) is 16.8 Å².